The number of aryl methyl sites for hydroxylation is 1. The Kier molecular flexibility index (Phi) is 14.7. The highest BCUT2D eigenvalue weighted by molar-refractivity contribution is 5.91. The molecule has 2 fully saturated rings. The SMILES string of the molecule is CC(CO)=C1CCc2ccc3c(c2)C=CC2=CC4CCCC5C=Cc6ccccc6C54c4cccc(c42)C2C=CC3C(CC(=O)OC3c4c(ccc5c(CO)c(C(CCO)COCO)c(=O)oc45)OC4(CC=CC5C6C=Cc7ccccc7C6CC54)C3OC1=O)C2. The third kappa shape index (κ3) is 9.12. The number of carbonyl (C=O) groups excluding carboxylic acids is 2. The van der Waals surface area contributed by atoms with E-state index >= 15 is 9.59 Å². The van der Waals surface area contributed by atoms with Crippen molar-refractivity contribution >= 4 is 46.7 Å². The number of esters is 2. The molecule has 1 aromatic heterocycles. The van der Waals surface area contributed by atoms with Crippen molar-refractivity contribution in [3.8, 4) is 5.75 Å². The van der Waals surface area contributed by atoms with Crippen LogP contribution in [0.15, 0.2) is 166 Å². The maximum absolute atomic E-state index is 16.2. The van der Waals surface area contributed by atoms with Crippen LogP contribution in [0.2, 0.25) is 0 Å². The van der Waals surface area contributed by atoms with E-state index in [4.69, 9.17) is 23.4 Å². The van der Waals surface area contributed by atoms with Crippen molar-refractivity contribution in [2.24, 2.45) is 35.5 Å². The summed E-state index contributed by atoms with van der Waals surface area (Å²) in [6.45, 7) is -0.367. The van der Waals surface area contributed by atoms with Crippen molar-refractivity contribution in [3.63, 3.8) is 0 Å². The van der Waals surface area contributed by atoms with Crippen LogP contribution in [0.25, 0.3) is 34.8 Å². The van der Waals surface area contributed by atoms with Crippen molar-refractivity contribution in [1.29, 1.82) is 0 Å². The summed E-state index contributed by atoms with van der Waals surface area (Å²) < 4.78 is 34.0. The van der Waals surface area contributed by atoms with Crippen LogP contribution in [0.1, 0.15) is 167 Å². The van der Waals surface area contributed by atoms with Gasteiger partial charge in [-0.3, -0.25) is 4.79 Å². The lowest BCUT2D eigenvalue weighted by Crippen LogP contribution is -2.61. The Hall–Kier alpha value is -7.97. The lowest BCUT2D eigenvalue weighted by Gasteiger charge is -2.54. The second kappa shape index (κ2) is 23.0. The van der Waals surface area contributed by atoms with Crippen LogP contribution in [0.4, 0.5) is 0 Å². The van der Waals surface area contributed by atoms with Crippen LogP contribution in [-0.4, -0.2) is 70.7 Å². The van der Waals surface area contributed by atoms with Crippen LogP contribution in [0, 0.1) is 35.5 Å². The fourth-order valence-corrected chi connectivity index (χ4v) is 19.2. The maximum Gasteiger partial charge on any atom is 0.340 e. The van der Waals surface area contributed by atoms with Gasteiger partial charge in [-0.25, -0.2) is 9.59 Å². The molecule has 12 heteroatoms. The van der Waals surface area contributed by atoms with Gasteiger partial charge in [0.15, 0.2) is 17.8 Å². The van der Waals surface area contributed by atoms with Crippen LogP contribution in [-0.2, 0) is 42.2 Å². The number of hydrogen-bond acceptors (Lipinski definition) is 12. The first-order chi connectivity index (χ1) is 44.5. The minimum atomic E-state index is -1.43. The van der Waals surface area contributed by atoms with E-state index in [1.807, 2.05) is 0 Å². The second-order valence-electron chi connectivity index (χ2n) is 27.3. The predicted octanol–water partition coefficient (Wildman–Crippen LogP) is 13.3. The highest BCUT2D eigenvalue weighted by atomic mass is 16.6. The van der Waals surface area contributed by atoms with E-state index in [1.54, 1.807) is 19.1 Å². The van der Waals surface area contributed by atoms with Crippen LogP contribution >= 0.6 is 0 Å². The van der Waals surface area contributed by atoms with Gasteiger partial charge in [-0.15, -0.1) is 0 Å². The summed E-state index contributed by atoms with van der Waals surface area (Å²) in [4.78, 5) is 46.9. The fraction of sp³-hybridized carbons (Fsp3) is 0.380. The monoisotopic (exact) mass is 1220 g/mol. The highest BCUT2D eigenvalue weighted by Gasteiger charge is 2.65. The highest BCUT2D eigenvalue weighted by Crippen LogP contribution is 2.64. The Bertz CT molecular complexity index is 4270. The molecule has 91 heavy (non-hydrogen) atoms. The number of rotatable bonds is 8. The van der Waals surface area contributed by atoms with E-state index in [1.165, 1.54) is 39.0 Å². The third-order valence-corrected chi connectivity index (χ3v) is 23.1. The maximum atomic E-state index is 16.2. The van der Waals surface area contributed by atoms with Crippen molar-refractivity contribution in [1.82, 2.24) is 0 Å². The number of ether oxygens (including phenoxy) is 4. The third-order valence-electron chi connectivity index (χ3n) is 23.1. The molecule has 2 saturated carbocycles. The Morgan fingerprint density at radius 2 is 1.57 bits per heavy atom. The summed E-state index contributed by atoms with van der Waals surface area (Å²) in [5.41, 5.74) is 12.0. The molecule has 12 nitrogen and oxygen atoms in total. The molecule has 14 unspecified atom stereocenters. The van der Waals surface area contributed by atoms with Gasteiger partial charge in [0.2, 0.25) is 0 Å². The Labute approximate surface area is 529 Å². The van der Waals surface area contributed by atoms with Gasteiger partial charge in [-0.05, 0) is 172 Å². The van der Waals surface area contributed by atoms with E-state index in [0.717, 1.165) is 41.5 Å². The van der Waals surface area contributed by atoms with Crippen molar-refractivity contribution < 1.29 is 53.4 Å². The summed E-state index contributed by atoms with van der Waals surface area (Å²) in [6, 6.07) is 34.5. The van der Waals surface area contributed by atoms with Gasteiger partial charge in [0.1, 0.15) is 18.1 Å². The van der Waals surface area contributed by atoms with Crippen molar-refractivity contribution in [2.45, 2.75) is 125 Å². The quantitative estimate of drug-likeness (QED) is 0.0373. The average molecular weight is 1220 g/mol. The minimum absolute atomic E-state index is 0.00464. The predicted molar refractivity (Wildman–Crippen MR) is 347 cm³/mol. The van der Waals surface area contributed by atoms with Gasteiger partial charge >= 0.3 is 17.6 Å². The van der Waals surface area contributed by atoms with Crippen LogP contribution < -0.4 is 10.4 Å². The molecule has 464 valence electrons. The molecule has 0 radical (unpaired) electrons. The fourth-order valence-electron chi connectivity index (χ4n) is 19.2. The largest absolute Gasteiger partial charge is 0.482 e. The molecule has 18 rings (SSSR count). The molecule has 5 aromatic carbocycles. The Morgan fingerprint density at radius 1 is 0.747 bits per heavy atom. The number of aliphatic hydroxyl groups is 4. The number of benzene rings is 5. The Balaban J connectivity index is 0.885. The molecule has 9 aliphatic carbocycles. The summed E-state index contributed by atoms with van der Waals surface area (Å²) in [5, 5.41) is 42.7. The smallest absolute Gasteiger partial charge is 0.340 e. The van der Waals surface area contributed by atoms with Crippen LogP contribution in [0.5, 0.6) is 5.75 Å². The number of carbonyl (C=O) groups is 2. The summed E-state index contributed by atoms with van der Waals surface area (Å²) in [7, 11) is 0. The zero-order chi connectivity index (χ0) is 61.9. The zero-order valence-electron chi connectivity index (χ0n) is 51.2. The lowest BCUT2D eigenvalue weighted by atomic mass is 9.48. The van der Waals surface area contributed by atoms with Crippen molar-refractivity contribution in [3.05, 3.63) is 240 Å². The van der Waals surface area contributed by atoms with Crippen LogP contribution in [0.3, 0.4) is 0 Å². The van der Waals surface area contributed by atoms with Gasteiger partial charge in [0.05, 0.1) is 25.4 Å². The zero-order valence-corrected chi connectivity index (χ0v) is 51.2. The first-order valence-corrected chi connectivity index (χ1v) is 33.0. The van der Waals surface area contributed by atoms with E-state index in [-0.39, 0.29) is 120 Å². The van der Waals surface area contributed by atoms with E-state index < -0.39 is 61.3 Å². The standard InChI is InChI=1S/C79H76O12/c1-44(40-81)55-26-18-45-19-27-57-48(35-45)20-21-50-37-54-12-6-11-53-25-22-47-10-3-5-16-65(47)79(53,54)66-17-7-14-59(70(50)66)49-24-28-58(57)52(36-49)38-69(84)88-74-72-68(31-30-62-64(41-82)71(77(86)89-73(62)72)51(32-34-80)42-87-43-83)91-78(75(74)90-76(55)85)33-8-15-61-60-29-23-46-9-2-4-13-56(46)63(60)39-67(61)78/h2-5,7-10,13-17,19-25,27-31,35,37,49,51-54,58,60-61,63,67,74-75,80-83H,6,11-12,18,26,32-34,36,38-43H2,1H3. The molecule has 4 heterocycles. The second-order valence-corrected chi connectivity index (χ2v) is 27.3. The summed E-state index contributed by atoms with van der Waals surface area (Å²) >= 11 is 0. The molecular formula is C79H76O12. The molecule has 6 aromatic rings. The minimum Gasteiger partial charge on any atom is -0.482 e. The number of hydrogen-bond donors (Lipinski definition) is 4. The first kappa shape index (κ1) is 58.1. The summed E-state index contributed by atoms with van der Waals surface area (Å²) in [6.07, 6.45) is 28.4. The van der Waals surface area contributed by atoms with Gasteiger partial charge < -0.3 is 43.8 Å². The number of allylic oxidation sites excluding steroid dienone is 8. The summed E-state index contributed by atoms with van der Waals surface area (Å²) in [5.74, 6) is -1.92. The van der Waals surface area contributed by atoms with E-state index in [2.05, 4.69) is 152 Å². The average Bonchev–Trinajstić information content (AvgIpc) is 1.58. The number of aliphatic hydroxyl groups excluding tert-OH is 4. The first-order valence-electron chi connectivity index (χ1n) is 33.0. The topological polar surface area (TPSA) is 182 Å². The molecule has 12 aliphatic rings. The molecule has 14 atom stereocenters. The molecule has 0 saturated heterocycles. The van der Waals surface area contributed by atoms with Gasteiger partial charge in [-0.2, -0.15) is 0 Å². The van der Waals surface area contributed by atoms with Crippen molar-refractivity contribution in [2.75, 3.05) is 26.6 Å². The van der Waals surface area contributed by atoms with Gasteiger partial charge in [0, 0.05) is 65.1 Å². The molecule has 6 bridgehead atoms. The molecular weight excluding hydrogens is 1140 g/mol. The normalized spacial score (nSPS) is 31.1. The van der Waals surface area contributed by atoms with E-state index in [9.17, 15) is 25.2 Å². The van der Waals surface area contributed by atoms with Gasteiger partial charge in [-0.1, -0.05) is 158 Å². The Morgan fingerprint density at radius 3 is 2.43 bits per heavy atom. The van der Waals surface area contributed by atoms with Gasteiger partial charge in [0.25, 0.3) is 0 Å². The molecule has 2 spiro atoms. The lowest BCUT2D eigenvalue weighted by molar-refractivity contribution is -0.205. The van der Waals surface area contributed by atoms with E-state index in [0.29, 0.717) is 41.7 Å². The molecule has 0 amide bonds. The molecule has 3 aliphatic heterocycles. The molecule has 4 N–H and O–H groups in total. The number of fused-ring (bicyclic) bond motifs is 17.